The van der Waals surface area contributed by atoms with Crippen LogP contribution in [-0.4, -0.2) is 58.0 Å². The lowest BCUT2D eigenvalue weighted by Crippen LogP contribution is -2.37. The minimum atomic E-state index is 0.673. The van der Waals surface area contributed by atoms with Crippen molar-refractivity contribution < 1.29 is 4.74 Å². The Bertz CT molecular complexity index is 1400. The smallest absolute Gasteiger partial charge is 0.228 e. The summed E-state index contributed by atoms with van der Waals surface area (Å²) in [5.74, 6) is 1.44. The Kier molecular flexibility index (Phi) is 5.23. The van der Waals surface area contributed by atoms with Crippen LogP contribution < -0.4 is 10.2 Å². The third-order valence-corrected chi connectivity index (χ3v) is 6.09. The summed E-state index contributed by atoms with van der Waals surface area (Å²) in [6, 6.07) is 16.4. The number of morpholine rings is 1. The number of rotatable bonds is 5. The predicted octanol–water partition coefficient (Wildman–Crippen LogP) is 3.79. The maximum absolute atomic E-state index is 5.53. The summed E-state index contributed by atoms with van der Waals surface area (Å²) in [4.78, 5) is 11.9. The van der Waals surface area contributed by atoms with Gasteiger partial charge in [0.25, 0.3) is 0 Å². The quantitative estimate of drug-likeness (QED) is 0.495. The first-order valence-corrected chi connectivity index (χ1v) is 11.3. The highest BCUT2D eigenvalue weighted by Gasteiger charge is 2.17. The summed E-state index contributed by atoms with van der Waals surface area (Å²) in [5, 5.41) is 17.1. The molecular formula is C25H24N8O. The summed E-state index contributed by atoms with van der Waals surface area (Å²) < 4.78 is 7.41. The molecule has 0 aliphatic carbocycles. The van der Waals surface area contributed by atoms with Crippen molar-refractivity contribution >= 4 is 40.3 Å². The second kappa shape index (κ2) is 8.68. The highest BCUT2D eigenvalue weighted by Crippen LogP contribution is 2.28. The second-order valence-electron chi connectivity index (χ2n) is 8.33. The average Bonchev–Trinajstić information content (AvgIpc) is 3.55. The Balaban J connectivity index is 1.35. The van der Waals surface area contributed by atoms with Crippen LogP contribution in [0.3, 0.4) is 0 Å². The van der Waals surface area contributed by atoms with Crippen molar-refractivity contribution in [2.75, 3.05) is 36.5 Å². The van der Waals surface area contributed by atoms with Gasteiger partial charge in [0.1, 0.15) is 5.82 Å². The molecule has 0 unspecified atom stereocenters. The van der Waals surface area contributed by atoms with Gasteiger partial charge in [0.2, 0.25) is 5.95 Å². The summed E-state index contributed by atoms with van der Waals surface area (Å²) in [7, 11) is 1.95. The van der Waals surface area contributed by atoms with E-state index in [0.717, 1.165) is 64.5 Å². The Labute approximate surface area is 196 Å². The number of aryl methyl sites for hydroxylation is 1. The van der Waals surface area contributed by atoms with Gasteiger partial charge >= 0.3 is 0 Å². The third kappa shape index (κ3) is 4.01. The molecule has 0 bridgehead atoms. The summed E-state index contributed by atoms with van der Waals surface area (Å²) in [6.07, 6.45) is 4.46. The highest BCUT2D eigenvalue weighted by molar-refractivity contribution is 6.09. The normalized spacial score (nSPS) is 15.7. The zero-order valence-corrected chi connectivity index (χ0v) is 18.8. The van der Waals surface area contributed by atoms with Gasteiger partial charge in [-0.2, -0.15) is 20.3 Å². The van der Waals surface area contributed by atoms with Crippen molar-refractivity contribution in [1.29, 1.82) is 0 Å². The molecule has 0 spiro atoms. The minimum Gasteiger partial charge on any atom is -0.378 e. The van der Waals surface area contributed by atoms with Crippen molar-refractivity contribution in [2.24, 2.45) is 17.3 Å². The van der Waals surface area contributed by atoms with Crippen molar-refractivity contribution in [3.63, 3.8) is 0 Å². The van der Waals surface area contributed by atoms with Gasteiger partial charge in [0.15, 0.2) is 0 Å². The van der Waals surface area contributed by atoms with E-state index in [9.17, 15) is 0 Å². The van der Waals surface area contributed by atoms with Crippen molar-refractivity contribution in [3.8, 4) is 11.3 Å². The van der Waals surface area contributed by atoms with Crippen LogP contribution in [0.25, 0.3) is 22.2 Å². The van der Waals surface area contributed by atoms with Gasteiger partial charge in [0, 0.05) is 55.5 Å². The van der Waals surface area contributed by atoms with Crippen LogP contribution >= 0.6 is 0 Å². The van der Waals surface area contributed by atoms with Crippen LogP contribution in [0.15, 0.2) is 64.9 Å². The summed E-state index contributed by atoms with van der Waals surface area (Å²) in [5.41, 5.74) is 5.94. The molecule has 1 saturated heterocycles. The Morgan fingerprint density at radius 3 is 2.56 bits per heavy atom. The molecule has 0 atom stereocenters. The topological polar surface area (TPSA) is 92.8 Å². The fourth-order valence-electron chi connectivity index (χ4n) is 4.20. The third-order valence-electron chi connectivity index (χ3n) is 6.09. The number of aromatic nitrogens is 4. The zero-order valence-electron chi connectivity index (χ0n) is 18.8. The number of nitrogens with zero attached hydrogens (tertiary/aromatic N) is 7. The standard InChI is InChI=1S/C25H24N8O/c1-32-23-14-18(2-3-19(23)16-27-32)22-15-24(30-25(29-22)33-10-12-34-13-11-33)28-20-6-4-17(5-7-20)21-8-9-26-31-21/h2-7,9,14-16H,8,10-13H2,1H3,(H,28,29,30). The van der Waals surface area contributed by atoms with E-state index < -0.39 is 0 Å². The molecule has 2 aliphatic heterocycles. The first kappa shape index (κ1) is 20.5. The summed E-state index contributed by atoms with van der Waals surface area (Å²) >= 11 is 0. The van der Waals surface area contributed by atoms with Gasteiger partial charge in [-0.05, 0) is 23.8 Å². The molecule has 9 nitrogen and oxygen atoms in total. The largest absolute Gasteiger partial charge is 0.378 e. The number of benzene rings is 2. The van der Waals surface area contributed by atoms with Crippen molar-refractivity contribution in [1.82, 2.24) is 19.7 Å². The van der Waals surface area contributed by atoms with Crippen LogP contribution in [0.5, 0.6) is 0 Å². The van der Waals surface area contributed by atoms with E-state index in [0.29, 0.717) is 19.2 Å². The van der Waals surface area contributed by atoms with E-state index in [4.69, 9.17) is 14.7 Å². The number of fused-ring (bicyclic) bond motifs is 1. The van der Waals surface area contributed by atoms with Gasteiger partial charge < -0.3 is 15.0 Å². The lowest BCUT2D eigenvalue weighted by Gasteiger charge is -2.27. The molecule has 4 heterocycles. The number of ether oxygens (including phenoxy) is 1. The first-order chi connectivity index (χ1) is 16.7. The molecule has 2 aliphatic rings. The summed E-state index contributed by atoms with van der Waals surface area (Å²) in [6.45, 7) is 2.88. The fraction of sp³-hybridized carbons (Fsp3) is 0.240. The molecule has 0 amide bonds. The molecule has 34 heavy (non-hydrogen) atoms. The van der Waals surface area contributed by atoms with Crippen LogP contribution in [-0.2, 0) is 11.8 Å². The van der Waals surface area contributed by atoms with E-state index in [1.54, 1.807) is 0 Å². The molecule has 0 saturated carbocycles. The van der Waals surface area contributed by atoms with Crippen molar-refractivity contribution in [2.45, 2.75) is 6.42 Å². The highest BCUT2D eigenvalue weighted by atomic mass is 16.5. The molecule has 2 aromatic carbocycles. The van der Waals surface area contributed by atoms with E-state index in [1.165, 1.54) is 0 Å². The molecule has 0 radical (unpaired) electrons. The second-order valence-corrected chi connectivity index (χ2v) is 8.33. The monoisotopic (exact) mass is 452 g/mol. The lowest BCUT2D eigenvalue weighted by molar-refractivity contribution is 0.122. The van der Waals surface area contributed by atoms with Crippen LogP contribution in [0.2, 0.25) is 0 Å². The molecule has 170 valence electrons. The number of nitrogens with one attached hydrogen (secondary N) is 1. The fourth-order valence-corrected chi connectivity index (χ4v) is 4.20. The van der Waals surface area contributed by atoms with Gasteiger partial charge in [-0.25, -0.2) is 4.98 Å². The number of hydrogen-bond donors (Lipinski definition) is 1. The molecule has 9 heteroatoms. The Morgan fingerprint density at radius 1 is 0.941 bits per heavy atom. The molecular weight excluding hydrogens is 428 g/mol. The Morgan fingerprint density at radius 2 is 1.76 bits per heavy atom. The zero-order chi connectivity index (χ0) is 22.9. The SMILES string of the molecule is Cn1ncc2ccc(-c3cc(Nc4ccc(C5=NN=CC5)cc4)nc(N4CCOCC4)n3)cc21. The lowest BCUT2D eigenvalue weighted by atomic mass is 10.1. The van der Waals surface area contributed by atoms with Gasteiger partial charge in [-0.15, -0.1) is 0 Å². The minimum absolute atomic E-state index is 0.673. The van der Waals surface area contributed by atoms with E-state index in [1.807, 2.05) is 42.3 Å². The average molecular weight is 453 g/mol. The molecule has 4 aromatic rings. The van der Waals surface area contributed by atoms with Gasteiger partial charge in [0.05, 0.1) is 36.3 Å². The maximum Gasteiger partial charge on any atom is 0.228 e. The molecule has 1 N–H and O–H groups in total. The maximum atomic E-state index is 5.53. The van der Waals surface area contributed by atoms with E-state index in [2.05, 4.69) is 55.9 Å². The number of anilines is 3. The van der Waals surface area contributed by atoms with Crippen LogP contribution in [0.1, 0.15) is 12.0 Å². The van der Waals surface area contributed by atoms with Crippen LogP contribution in [0.4, 0.5) is 17.5 Å². The van der Waals surface area contributed by atoms with Gasteiger partial charge in [-0.3, -0.25) is 4.68 Å². The number of hydrogen-bond acceptors (Lipinski definition) is 8. The molecule has 6 rings (SSSR count). The predicted molar refractivity (Wildman–Crippen MR) is 134 cm³/mol. The van der Waals surface area contributed by atoms with Gasteiger partial charge in [-0.1, -0.05) is 24.3 Å². The van der Waals surface area contributed by atoms with E-state index >= 15 is 0 Å². The Hall–Kier alpha value is -4.11. The van der Waals surface area contributed by atoms with Crippen LogP contribution in [0, 0.1) is 0 Å². The van der Waals surface area contributed by atoms with Crippen molar-refractivity contribution in [3.05, 3.63) is 60.3 Å². The first-order valence-electron chi connectivity index (χ1n) is 11.3. The molecule has 2 aromatic heterocycles. The van der Waals surface area contributed by atoms with E-state index in [-0.39, 0.29) is 0 Å². The molecule has 1 fully saturated rings.